The highest BCUT2D eigenvalue weighted by atomic mass is 32.1. The highest BCUT2D eigenvalue weighted by Crippen LogP contribution is 2.31. The summed E-state index contributed by atoms with van der Waals surface area (Å²) < 4.78 is 10.9. The molecule has 1 atom stereocenters. The van der Waals surface area contributed by atoms with Gasteiger partial charge in [0.25, 0.3) is 0 Å². The molecule has 3 rings (SSSR count). The SMILES string of the molecule is COc1ccc2c(c1)OC[C@@H](C(=O)NCc1nc(C)c(C)s1)C2. The minimum absolute atomic E-state index is 0.0111. The molecule has 0 radical (unpaired) electrons. The van der Waals surface area contributed by atoms with E-state index >= 15 is 0 Å². The van der Waals surface area contributed by atoms with Crippen LogP contribution in [-0.4, -0.2) is 24.6 Å². The first-order valence-corrected chi connectivity index (χ1v) is 8.39. The van der Waals surface area contributed by atoms with Gasteiger partial charge in [-0.3, -0.25) is 4.79 Å². The van der Waals surface area contributed by atoms with Crippen LogP contribution in [0.2, 0.25) is 0 Å². The lowest BCUT2D eigenvalue weighted by molar-refractivity contribution is -0.126. The second-order valence-corrected chi connectivity index (χ2v) is 6.94. The van der Waals surface area contributed by atoms with Crippen molar-refractivity contribution in [1.82, 2.24) is 10.3 Å². The van der Waals surface area contributed by atoms with Gasteiger partial charge in [-0.05, 0) is 31.9 Å². The Bertz CT molecular complexity index is 707. The molecule has 1 aliphatic heterocycles. The Balaban J connectivity index is 1.60. The normalized spacial score (nSPS) is 16.4. The van der Waals surface area contributed by atoms with Gasteiger partial charge >= 0.3 is 0 Å². The summed E-state index contributed by atoms with van der Waals surface area (Å²) in [5, 5.41) is 3.91. The van der Waals surface area contributed by atoms with E-state index in [0.717, 1.165) is 27.8 Å². The summed E-state index contributed by atoms with van der Waals surface area (Å²) in [6, 6.07) is 5.72. The molecule has 0 saturated heterocycles. The summed E-state index contributed by atoms with van der Waals surface area (Å²) in [5.41, 5.74) is 2.07. The number of amides is 1. The van der Waals surface area contributed by atoms with E-state index in [-0.39, 0.29) is 11.8 Å². The summed E-state index contributed by atoms with van der Waals surface area (Å²) in [6.07, 6.45) is 0.682. The predicted molar refractivity (Wildman–Crippen MR) is 89.1 cm³/mol. The van der Waals surface area contributed by atoms with E-state index in [1.165, 1.54) is 4.88 Å². The molecule has 0 fully saturated rings. The lowest BCUT2D eigenvalue weighted by Gasteiger charge is -2.24. The number of hydrogen-bond donors (Lipinski definition) is 1. The molecule has 23 heavy (non-hydrogen) atoms. The van der Waals surface area contributed by atoms with E-state index in [4.69, 9.17) is 9.47 Å². The summed E-state index contributed by atoms with van der Waals surface area (Å²) in [7, 11) is 1.63. The molecule has 0 saturated carbocycles. The van der Waals surface area contributed by atoms with Gasteiger partial charge in [-0.25, -0.2) is 4.98 Å². The number of carbonyl (C=O) groups is 1. The second kappa shape index (κ2) is 6.58. The highest BCUT2D eigenvalue weighted by Gasteiger charge is 2.26. The molecule has 2 heterocycles. The maximum Gasteiger partial charge on any atom is 0.227 e. The van der Waals surface area contributed by atoms with Crippen LogP contribution in [0, 0.1) is 19.8 Å². The Hall–Kier alpha value is -2.08. The number of thiazole rings is 1. The van der Waals surface area contributed by atoms with Crippen molar-refractivity contribution in [2.75, 3.05) is 13.7 Å². The van der Waals surface area contributed by atoms with E-state index in [1.807, 2.05) is 32.0 Å². The fourth-order valence-corrected chi connectivity index (χ4v) is 3.44. The Kier molecular flexibility index (Phi) is 4.52. The number of fused-ring (bicyclic) bond motifs is 1. The maximum atomic E-state index is 12.4. The van der Waals surface area contributed by atoms with E-state index in [0.29, 0.717) is 19.6 Å². The molecular weight excluding hydrogens is 312 g/mol. The fraction of sp³-hybridized carbons (Fsp3) is 0.412. The Morgan fingerprint density at radius 2 is 2.30 bits per heavy atom. The molecular formula is C17H20N2O3S. The summed E-state index contributed by atoms with van der Waals surface area (Å²) >= 11 is 1.62. The van der Waals surface area contributed by atoms with Crippen molar-refractivity contribution in [3.05, 3.63) is 39.3 Å². The lowest BCUT2D eigenvalue weighted by atomic mass is 9.96. The average molecular weight is 332 g/mol. The maximum absolute atomic E-state index is 12.4. The molecule has 6 heteroatoms. The van der Waals surface area contributed by atoms with Gasteiger partial charge in [0.05, 0.1) is 25.3 Å². The molecule has 0 unspecified atom stereocenters. The number of nitrogens with one attached hydrogen (secondary N) is 1. The molecule has 1 amide bonds. The number of methoxy groups -OCH3 is 1. The minimum atomic E-state index is -0.168. The van der Waals surface area contributed by atoms with Crippen LogP contribution in [0.5, 0.6) is 11.5 Å². The molecule has 1 aromatic carbocycles. The zero-order chi connectivity index (χ0) is 16.4. The summed E-state index contributed by atoms with van der Waals surface area (Å²) in [6.45, 7) is 4.89. The summed E-state index contributed by atoms with van der Waals surface area (Å²) in [5.74, 6) is 1.41. The standard InChI is InChI=1S/C17H20N2O3S/c1-10-11(2)23-16(19-10)8-18-17(20)13-6-12-4-5-14(21-3)7-15(12)22-9-13/h4-5,7,13H,6,8-9H2,1-3H3,(H,18,20)/t13-/m0/s1. The Labute approximate surface area is 139 Å². The van der Waals surface area contributed by atoms with Crippen LogP contribution in [0.4, 0.5) is 0 Å². The molecule has 2 aromatic rings. The van der Waals surface area contributed by atoms with E-state index < -0.39 is 0 Å². The second-order valence-electron chi connectivity index (χ2n) is 5.65. The van der Waals surface area contributed by atoms with Crippen molar-refractivity contribution < 1.29 is 14.3 Å². The zero-order valence-electron chi connectivity index (χ0n) is 13.5. The van der Waals surface area contributed by atoms with Crippen LogP contribution in [-0.2, 0) is 17.8 Å². The number of ether oxygens (including phenoxy) is 2. The monoisotopic (exact) mass is 332 g/mol. The first-order chi connectivity index (χ1) is 11.1. The Morgan fingerprint density at radius 1 is 1.48 bits per heavy atom. The van der Waals surface area contributed by atoms with Crippen LogP contribution >= 0.6 is 11.3 Å². The van der Waals surface area contributed by atoms with Crippen molar-refractivity contribution in [2.45, 2.75) is 26.8 Å². The van der Waals surface area contributed by atoms with E-state index in [1.54, 1.807) is 18.4 Å². The molecule has 1 N–H and O–H groups in total. The molecule has 5 nitrogen and oxygen atoms in total. The predicted octanol–water partition coefficient (Wildman–Crippen LogP) is 2.64. The third-order valence-electron chi connectivity index (χ3n) is 4.04. The quantitative estimate of drug-likeness (QED) is 0.935. The van der Waals surface area contributed by atoms with Gasteiger partial charge in [-0.2, -0.15) is 0 Å². The lowest BCUT2D eigenvalue weighted by Crippen LogP contribution is -2.37. The van der Waals surface area contributed by atoms with Crippen LogP contribution in [0.1, 0.15) is 21.1 Å². The largest absolute Gasteiger partial charge is 0.497 e. The molecule has 1 aliphatic rings. The third-order valence-corrected chi connectivity index (χ3v) is 5.11. The molecule has 0 spiro atoms. The number of hydrogen-bond acceptors (Lipinski definition) is 5. The molecule has 122 valence electrons. The minimum Gasteiger partial charge on any atom is -0.497 e. The third kappa shape index (κ3) is 3.47. The smallest absolute Gasteiger partial charge is 0.227 e. The average Bonchev–Trinajstić information content (AvgIpc) is 2.89. The summed E-state index contributed by atoms with van der Waals surface area (Å²) in [4.78, 5) is 18.0. The number of aromatic nitrogens is 1. The van der Waals surface area contributed by atoms with Gasteiger partial charge in [0, 0.05) is 10.9 Å². The van der Waals surface area contributed by atoms with Crippen LogP contribution in [0.15, 0.2) is 18.2 Å². The van der Waals surface area contributed by atoms with Gasteiger partial charge in [-0.1, -0.05) is 6.07 Å². The van der Waals surface area contributed by atoms with Crippen molar-refractivity contribution in [1.29, 1.82) is 0 Å². The van der Waals surface area contributed by atoms with E-state index in [9.17, 15) is 4.79 Å². The van der Waals surface area contributed by atoms with Gasteiger partial charge in [0.1, 0.15) is 23.1 Å². The van der Waals surface area contributed by atoms with Gasteiger partial charge < -0.3 is 14.8 Å². The topological polar surface area (TPSA) is 60.5 Å². The first kappa shape index (κ1) is 15.8. The van der Waals surface area contributed by atoms with Gasteiger partial charge in [0.15, 0.2) is 0 Å². The molecule has 0 aliphatic carbocycles. The number of carbonyl (C=O) groups excluding carboxylic acids is 1. The number of benzene rings is 1. The van der Waals surface area contributed by atoms with Gasteiger partial charge in [-0.15, -0.1) is 11.3 Å². The zero-order valence-corrected chi connectivity index (χ0v) is 14.3. The number of nitrogens with zero attached hydrogens (tertiary/aromatic N) is 1. The molecule has 0 bridgehead atoms. The Morgan fingerprint density at radius 3 is 3.00 bits per heavy atom. The fourth-order valence-electron chi connectivity index (χ4n) is 2.57. The number of rotatable bonds is 4. The van der Waals surface area contributed by atoms with Crippen LogP contribution in [0.25, 0.3) is 0 Å². The van der Waals surface area contributed by atoms with Crippen LogP contribution < -0.4 is 14.8 Å². The van der Waals surface area contributed by atoms with Gasteiger partial charge in [0.2, 0.25) is 5.91 Å². The molecule has 1 aromatic heterocycles. The van der Waals surface area contributed by atoms with Crippen molar-refractivity contribution in [3.8, 4) is 11.5 Å². The first-order valence-electron chi connectivity index (χ1n) is 7.57. The van der Waals surface area contributed by atoms with Crippen molar-refractivity contribution in [3.63, 3.8) is 0 Å². The number of aryl methyl sites for hydroxylation is 2. The highest BCUT2D eigenvalue weighted by molar-refractivity contribution is 7.11. The van der Waals surface area contributed by atoms with Crippen molar-refractivity contribution in [2.24, 2.45) is 5.92 Å². The van der Waals surface area contributed by atoms with E-state index in [2.05, 4.69) is 10.3 Å². The van der Waals surface area contributed by atoms with Crippen LogP contribution in [0.3, 0.4) is 0 Å². The van der Waals surface area contributed by atoms with Crippen molar-refractivity contribution >= 4 is 17.2 Å².